The Balaban J connectivity index is 1.72. The van der Waals surface area contributed by atoms with E-state index in [0.29, 0.717) is 22.0 Å². The van der Waals surface area contributed by atoms with Gasteiger partial charge in [-0.2, -0.15) is 10.1 Å². The van der Waals surface area contributed by atoms with Crippen molar-refractivity contribution in [1.29, 1.82) is 0 Å². The first-order valence-corrected chi connectivity index (χ1v) is 10.9. The minimum absolute atomic E-state index is 0.0231. The molecule has 1 aromatic heterocycles. The first-order valence-electron chi connectivity index (χ1n) is 9.27. The molecule has 0 aliphatic heterocycles. The van der Waals surface area contributed by atoms with Crippen LogP contribution in [-0.4, -0.2) is 29.1 Å². The number of hydrazone groups is 1. The lowest BCUT2D eigenvalue weighted by atomic mass is 10.2. The monoisotopic (exact) mass is 510 g/mol. The van der Waals surface area contributed by atoms with Gasteiger partial charge >= 0.3 is 0 Å². The lowest BCUT2D eigenvalue weighted by Crippen LogP contribution is -2.25. The molecule has 10 heteroatoms. The number of fused-ring (bicyclic) bond motifs is 1. The van der Waals surface area contributed by atoms with Crippen LogP contribution in [0.4, 0.5) is 10.8 Å². The molecular weight excluding hydrogens is 496 g/mol. The number of benzene rings is 3. The van der Waals surface area contributed by atoms with Gasteiger partial charge in [-0.15, -0.1) is 0 Å². The maximum atomic E-state index is 13.3. The summed E-state index contributed by atoms with van der Waals surface area (Å²) in [6.45, 7) is 0. The number of carbonyl (C=O) groups excluding carboxylic acids is 1. The van der Waals surface area contributed by atoms with Gasteiger partial charge in [0.05, 0.1) is 28.5 Å². The number of thiazole rings is 1. The Morgan fingerprint density at radius 1 is 1.16 bits per heavy atom. The third-order valence-corrected chi connectivity index (χ3v) is 5.96. The normalized spacial score (nSPS) is 11.1. The molecule has 4 aromatic rings. The quantitative estimate of drug-likeness (QED) is 0.189. The fourth-order valence-electron chi connectivity index (χ4n) is 2.83. The average molecular weight is 511 g/mol. The van der Waals surface area contributed by atoms with Crippen molar-refractivity contribution in [2.45, 2.75) is 0 Å². The van der Waals surface area contributed by atoms with Crippen LogP contribution in [-0.2, 0) is 0 Å². The molecule has 0 N–H and O–H groups in total. The van der Waals surface area contributed by atoms with Gasteiger partial charge in [-0.3, -0.25) is 14.9 Å². The molecule has 32 heavy (non-hydrogen) atoms. The van der Waals surface area contributed by atoms with E-state index in [-0.39, 0.29) is 11.6 Å². The number of amides is 1. The van der Waals surface area contributed by atoms with Crippen molar-refractivity contribution in [3.63, 3.8) is 0 Å². The number of nitro benzene ring substituents is 1. The van der Waals surface area contributed by atoms with Gasteiger partial charge in [-0.05, 0) is 60.2 Å². The van der Waals surface area contributed by atoms with E-state index in [1.165, 1.54) is 34.7 Å². The highest BCUT2D eigenvalue weighted by atomic mass is 79.9. The van der Waals surface area contributed by atoms with Crippen LogP contribution in [0.1, 0.15) is 15.9 Å². The molecule has 3 aromatic carbocycles. The van der Waals surface area contributed by atoms with Crippen LogP contribution in [0, 0.1) is 10.1 Å². The van der Waals surface area contributed by atoms with Crippen LogP contribution in [0.5, 0.6) is 5.75 Å². The van der Waals surface area contributed by atoms with Crippen LogP contribution >= 0.6 is 27.3 Å². The van der Waals surface area contributed by atoms with Crippen molar-refractivity contribution in [2.75, 3.05) is 12.1 Å². The van der Waals surface area contributed by atoms with Gasteiger partial charge in [-0.1, -0.05) is 27.3 Å². The maximum absolute atomic E-state index is 13.3. The van der Waals surface area contributed by atoms with E-state index in [1.807, 2.05) is 18.2 Å². The summed E-state index contributed by atoms with van der Waals surface area (Å²) in [6.07, 6.45) is 1.47. The minimum Gasteiger partial charge on any atom is -0.497 e. The molecule has 0 aliphatic rings. The number of ether oxygens (including phenoxy) is 1. The summed E-state index contributed by atoms with van der Waals surface area (Å²) >= 11 is 4.77. The number of carbonyl (C=O) groups is 1. The summed E-state index contributed by atoms with van der Waals surface area (Å²) < 4.78 is 6.96. The predicted molar refractivity (Wildman–Crippen MR) is 128 cm³/mol. The number of halogens is 1. The Morgan fingerprint density at radius 2 is 1.88 bits per heavy atom. The third kappa shape index (κ3) is 4.66. The molecule has 0 saturated heterocycles. The zero-order valence-electron chi connectivity index (χ0n) is 16.6. The molecule has 1 heterocycles. The number of anilines is 1. The predicted octanol–water partition coefficient (Wildman–Crippen LogP) is 5.66. The van der Waals surface area contributed by atoms with Crippen LogP contribution in [0.3, 0.4) is 0 Å². The molecule has 0 aliphatic carbocycles. The van der Waals surface area contributed by atoms with Crippen molar-refractivity contribution in [2.24, 2.45) is 5.10 Å². The topological polar surface area (TPSA) is 97.9 Å². The lowest BCUT2D eigenvalue weighted by Gasteiger charge is -2.14. The standard InChI is InChI=1S/C22H15BrN4O4S/c1-31-18-9-4-15(5-10-18)21(28)26(22-25-19-11-6-16(23)12-20(19)32-22)24-13-14-2-7-17(8-3-14)27(29)30/h2-13H,1H3/b24-13+. The Bertz CT molecular complexity index is 1320. The smallest absolute Gasteiger partial charge is 0.280 e. The van der Waals surface area contributed by atoms with Crippen LogP contribution in [0.2, 0.25) is 0 Å². The molecule has 0 atom stereocenters. The van der Waals surface area contributed by atoms with Crippen molar-refractivity contribution in [1.82, 2.24) is 4.98 Å². The zero-order chi connectivity index (χ0) is 22.7. The number of rotatable bonds is 6. The molecule has 8 nitrogen and oxygen atoms in total. The number of nitro groups is 1. The Labute approximate surface area is 195 Å². The molecule has 0 spiro atoms. The Kier molecular flexibility index (Phi) is 6.24. The number of non-ortho nitro benzene ring substituents is 1. The van der Waals surface area contributed by atoms with Crippen molar-refractivity contribution >= 4 is 60.4 Å². The average Bonchev–Trinajstić information content (AvgIpc) is 3.22. The fraction of sp³-hybridized carbons (Fsp3) is 0.0455. The number of hydrogen-bond donors (Lipinski definition) is 0. The summed E-state index contributed by atoms with van der Waals surface area (Å²) in [5.74, 6) is 0.260. The van der Waals surface area contributed by atoms with Gasteiger partial charge in [-0.25, -0.2) is 4.98 Å². The second kappa shape index (κ2) is 9.25. The first kappa shape index (κ1) is 21.6. The first-order chi connectivity index (χ1) is 15.4. The molecule has 160 valence electrons. The molecule has 0 fully saturated rings. The highest BCUT2D eigenvalue weighted by Gasteiger charge is 2.21. The number of methoxy groups -OCH3 is 1. The molecule has 0 saturated carbocycles. The second-order valence-corrected chi connectivity index (χ2v) is 8.47. The Morgan fingerprint density at radius 3 is 2.53 bits per heavy atom. The van der Waals surface area contributed by atoms with Gasteiger partial charge in [0, 0.05) is 22.2 Å². The molecular formula is C22H15BrN4O4S. The van der Waals surface area contributed by atoms with Crippen LogP contribution < -0.4 is 9.75 Å². The summed E-state index contributed by atoms with van der Waals surface area (Å²) in [5.41, 5.74) is 1.73. The highest BCUT2D eigenvalue weighted by molar-refractivity contribution is 9.10. The van der Waals surface area contributed by atoms with Crippen molar-refractivity contribution in [3.8, 4) is 5.75 Å². The van der Waals surface area contributed by atoms with Crippen LogP contribution in [0.15, 0.2) is 76.3 Å². The van der Waals surface area contributed by atoms with Crippen LogP contribution in [0.25, 0.3) is 10.2 Å². The van der Waals surface area contributed by atoms with E-state index in [4.69, 9.17) is 4.74 Å². The summed E-state index contributed by atoms with van der Waals surface area (Å²) in [5, 5.41) is 16.9. The number of nitrogens with zero attached hydrogens (tertiary/aromatic N) is 4. The van der Waals surface area contributed by atoms with Crippen molar-refractivity contribution in [3.05, 3.63) is 92.4 Å². The molecule has 0 unspecified atom stereocenters. The van der Waals surface area contributed by atoms with E-state index in [0.717, 1.165) is 14.7 Å². The second-order valence-electron chi connectivity index (χ2n) is 6.55. The SMILES string of the molecule is COc1ccc(C(=O)N(/N=C/c2ccc([N+](=O)[O-])cc2)c2nc3ccc(Br)cc3s2)cc1. The van der Waals surface area contributed by atoms with Gasteiger partial charge in [0.15, 0.2) is 0 Å². The van der Waals surface area contributed by atoms with Gasteiger partial charge < -0.3 is 4.74 Å². The van der Waals surface area contributed by atoms with E-state index < -0.39 is 4.92 Å². The summed E-state index contributed by atoms with van der Waals surface area (Å²) in [4.78, 5) is 28.2. The van der Waals surface area contributed by atoms with E-state index in [1.54, 1.807) is 43.5 Å². The van der Waals surface area contributed by atoms with Gasteiger partial charge in [0.1, 0.15) is 5.75 Å². The number of aromatic nitrogens is 1. The minimum atomic E-state index is -0.473. The zero-order valence-corrected chi connectivity index (χ0v) is 19.0. The number of hydrogen-bond acceptors (Lipinski definition) is 7. The molecule has 1 amide bonds. The molecule has 4 rings (SSSR count). The Hall–Kier alpha value is -3.63. The third-order valence-electron chi connectivity index (χ3n) is 4.48. The molecule has 0 radical (unpaired) electrons. The van der Waals surface area contributed by atoms with Gasteiger partial charge in [0.25, 0.3) is 11.6 Å². The lowest BCUT2D eigenvalue weighted by molar-refractivity contribution is -0.384. The fourth-order valence-corrected chi connectivity index (χ4v) is 4.30. The summed E-state index contributed by atoms with van der Waals surface area (Å²) in [6, 6.07) is 18.2. The molecule has 0 bridgehead atoms. The maximum Gasteiger partial charge on any atom is 0.280 e. The van der Waals surface area contributed by atoms with E-state index >= 15 is 0 Å². The summed E-state index contributed by atoms with van der Waals surface area (Å²) in [7, 11) is 1.55. The van der Waals surface area contributed by atoms with Crippen molar-refractivity contribution < 1.29 is 14.5 Å². The largest absolute Gasteiger partial charge is 0.497 e. The highest BCUT2D eigenvalue weighted by Crippen LogP contribution is 2.32. The van der Waals surface area contributed by atoms with Gasteiger partial charge in [0.2, 0.25) is 5.13 Å². The van der Waals surface area contributed by atoms with E-state index in [9.17, 15) is 14.9 Å². The van der Waals surface area contributed by atoms with E-state index in [2.05, 4.69) is 26.0 Å².